The Bertz CT molecular complexity index is 907. The van der Waals surface area contributed by atoms with Crippen molar-refractivity contribution in [2.75, 3.05) is 18.5 Å². The van der Waals surface area contributed by atoms with Crippen LogP contribution in [0.5, 0.6) is 5.75 Å². The van der Waals surface area contributed by atoms with Crippen LogP contribution in [0.15, 0.2) is 72.8 Å². The first kappa shape index (κ1) is 20.9. The molecule has 0 spiro atoms. The molecular weight excluding hydrogens is 384 g/mol. The van der Waals surface area contributed by atoms with Crippen molar-refractivity contribution in [2.24, 2.45) is 0 Å². The average molecular weight is 409 g/mol. The molecule has 4 nitrogen and oxygen atoms in total. The highest BCUT2D eigenvalue weighted by molar-refractivity contribution is 6.30. The van der Waals surface area contributed by atoms with Crippen molar-refractivity contribution in [3.05, 3.63) is 94.5 Å². The second-order valence-corrected chi connectivity index (χ2v) is 7.34. The van der Waals surface area contributed by atoms with Crippen molar-refractivity contribution >= 4 is 23.2 Å². The minimum Gasteiger partial charge on any atom is -0.484 e. The predicted octanol–water partition coefficient (Wildman–Crippen LogP) is 5.00. The van der Waals surface area contributed by atoms with E-state index in [4.69, 9.17) is 16.3 Å². The van der Waals surface area contributed by atoms with Gasteiger partial charge >= 0.3 is 0 Å². The number of aryl methyl sites for hydroxylation is 1. The molecule has 5 heteroatoms. The van der Waals surface area contributed by atoms with Gasteiger partial charge in [0.25, 0.3) is 5.91 Å². The smallest absolute Gasteiger partial charge is 0.262 e. The molecule has 0 saturated carbocycles. The molecular formula is C24H25ClN2O2. The summed E-state index contributed by atoms with van der Waals surface area (Å²) in [4.78, 5) is 12.0. The fourth-order valence-electron chi connectivity index (χ4n) is 2.80. The quantitative estimate of drug-likeness (QED) is 0.490. The Balaban J connectivity index is 1.36. The second-order valence-electron chi connectivity index (χ2n) is 6.90. The molecule has 0 radical (unpaired) electrons. The van der Waals surface area contributed by atoms with E-state index in [1.807, 2.05) is 79.7 Å². The van der Waals surface area contributed by atoms with Crippen LogP contribution < -0.4 is 15.4 Å². The number of carbonyl (C=O) groups excluding carboxylic acids is 1. The van der Waals surface area contributed by atoms with Gasteiger partial charge in [-0.15, -0.1) is 0 Å². The van der Waals surface area contributed by atoms with Crippen molar-refractivity contribution < 1.29 is 9.53 Å². The van der Waals surface area contributed by atoms with Crippen LogP contribution in [-0.2, 0) is 17.8 Å². The van der Waals surface area contributed by atoms with Gasteiger partial charge in [0.05, 0.1) is 0 Å². The van der Waals surface area contributed by atoms with Gasteiger partial charge in [-0.2, -0.15) is 0 Å². The van der Waals surface area contributed by atoms with Crippen LogP contribution in [0, 0.1) is 6.92 Å². The SMILES string of the molecule is Cc1ccc(NC(=O)COc2ccc(CNCCc3ccc(Cl)cc3)cc2)cc1. The number of amides is 1. The molecule has 0 aliphatic heterocycles. The molecule has 0 heterocycles. The number of benzene rings is 3. The molecule has 2 N–H and O–H groups in total. The van der Waals surface area contributed by atoms with Gasteiger partial charge in [0.15, 0.2) is 6.61 Å². The zero-order valence-corrected chi connectivity index (χ0v) is 17.2. The summed E-state index contributed by atoms with van der Waals surface area (Å²) in [5, 5.41) is 7.01. The number of halogens is 1. The highest BCUT2D eigenvalue weighted by Crippen LogP contribution is 2.13. The molecule has 1 amide bonds. The van der Waals surface area contributed by atoms with Crippen LogP contribution in [0.1, 0.15) is 16.7 Å². The number of carbonyl (C=O) groups is 1. The number of hydrogen-bond donors (Lipinski definition) is 2. The van der Waals surface area contributed by atoms with E-state index in [2.05, 4.69) is 10.6 Å². The van der Waals surface area contributed by atoms with Crippen molar-refractivity contribution in [2.45, 2.75) is 19.9 Å². The first-order valence-corrected chi connectivity index (χ1v) is 10.00. The zero-order chi connectivity index (χ0) is 20.5. The van der Waals surface area contributed by atoms with Crippen molar-refractivity contribution in [3.63, 3.8) is 0 Å². The van der Waals surface area contributed by atoms with Crippen molar-refractivity contribution in [3.8, 4) is 5.75 Å². The lowest BCUT2D eigenvalue weighted by Crippen LogP contribution is -2.20. The minimum atomic E-state index is -0.179. The number of nitrogens with one attached hydrogen (secondary N) is 2. The molecule has 150 valence electrons. The number of hydrogen-bond acceptors (Lipinski definition) is 3. The molecule has 0 aliphatic rings. The van der Waals surface area contributed by atoms with Gasteiger partial charge in [0, 0.05) is 17.3 Å². The Hall–Kier alpha value is -2.82. The highest BCUT2D eigenvalue weighted by atomic mass is 35.5. The average Bonchev–Trinajstić information content (AvgIpc) is 2.73. The van der Waals surface area contributed by atoms with Gasteiger partial charge in [-0.3, -0.25) is 4.79 Å². The van der Waals surface area contributed by atoms with Crippen LogP contribution in [0.3, 0.4) is 0 Å². The normalized spacial score (nSPS) is 10.6. The van der Waals surface area contributed by atoms with Gasteiger partial charge in [-0.1, -0.05) is 53.6 Å². The van der Waals surface area contributed by atoms with E-state index >= 15 is 0 Å². The van der Waals surface area contributed by atoms with E-state index in [0.29, 0.717) is 5.75 Å². The standard InChI is InChI=1S/C24H25ClN2O2/c1-18-2-10-22(11-3-18)27-24(28)17-29-23-12-6-20(7-13-23)16-26-15-14-19-4-8-21(25)9-5-19/h2-13,26H,14-17H2,1H3,(H,27,28). The third kappa shape index (κ3) is 7.26. The molecule has 0 unspecified atom stereocenters. The first-order valence-electron chi connectivity index (χ1n) is 9.62. The number of ether oxygens (including phenoxy) is 1. The molecule has 0 aliphatic carbocycles. The monoisotopic (exact) mass is 408 g/mol. The molecule has 0 bridgehead atoms. The number of rotatable bonds is 9. The summed E-state index contributed by atoms with van der Waals surface area (Å²) in [5.74, 6) is 0.496. The molecule has 3 rings (SSSR count). The minimum absolute atomic E-state index is 0.0213. The lowest BCUT2D eigenvalue weighted by Gasteiger charge is -2.09. The van der Waals surface area contributed by atoms with Crippen molar-refractivity contribution in [1.29, 1.82) is 0 Å². The maximum atomic E-state index is 12.0. The molecule has 0 saturated heterocycles. The third-order valence-corrected chi connectivity index (χ3v) is 4.71. The fraction of sp³-hybridized carbons (Fsp3) is 0.208. The van der Waals surface area contributed by atoms with Gasteiger partial charge in [0.1, 0.15) is 5.75 Å². The maximum absolute atomic E-state index is 12.0. The van der Waals surface area contributed by atoms with Crippen LogP contribution in [0.2, 0.25) is 5.02 Å². The van der Waals surface area contributed by atoms with Gasteiger partial charge in [-0.25, -0.2) is 0 Å². The van der Waals surface area contributed by atoms with E-state index in [1.165, 1.54) is 5.56 Å². The summed E-state index contributed by atoms with van der Waals surface area (Å²) in [6.45, 7) is 3.65. The van der Waals surface area contributed by atoms with Crippen LogP contribution >= 0.6 is 11.6 Å². The Morgan fingerprint density at radius 3 is 2.24 bits per heavy atom. The molecule has 3 aromatic carbocycles. The summed E-state index contributed by atoms with van der Waals surface area (Å²) in [6, 6.07) is 23.4. The van der Waals surface area contributed by atoms with Gasteiger partial charge in [-0.05, 0) is 67.4 Å². The Kier molecular flexibility index (Phi) is 7.68. The summed E-state index contributed by atoms with van der Waals surface area (Å²) in [5.41, 5.74) is 4.34. The maximum Gasteiger partial charge on any atom is 0.262 e. The predicted molar refractivity (Wildman–Crippen MR) is 119 cm³/mol. The van der Waals surface area contributed by atoms with E-state index in [0.717, 1.165) is 41.3 Å². The molecule has 3 aromatic rings. The van der Waals surface area contributed by atoms with Crippen molar-refractivity contribution in [1.82, 2.24) is 5.32 Å². The van der Waals surface area contributed by atoms with Gasteiger partial charge in [0.2, 0.25) is 0 Å². The first-order chi connectivity index (χ1) is 14.1. The molecule has 0 aromatic heterocycles. The summed E-state index contributed by atoms with van der Waals surface area (Å²) >= 11 is 5.90. The van der Waals surface area contributed by atoms with Gasteiger partial charge < -0.3 is 15.4 Å². The topological polar surface area (TPSA) is 50.4 Å². The van der Waals surface area contributed by atoms with Crippen LogP contribution in [0.25, 0.3) is 0 Å². The Labute approximate surface area is 176 Å². The lowest BCUT2D eigenvalue weighted by molar-refractivity contribution is -0.118. The van der Waals surface area contributed by atoms with E-state index in [9.17, 15) is 4.79 Å². The molecule has 0 atom stereocenters. The highest BCUT2D eigenvalue weighted by Gasteiger charge is 2.04. The lowest BCUT2D eigenvalue weighted by atomic mass is 10.1. The molecule has 0 fully saturated rings. The second kappa shape index (κ2) is 10.6. The van der Waals surface area contributed by atoms with E-state index in [1.54, 1.807) is 0 Å². The van der Waals surface area contributed by atoms with Crippen LogP contribution in [0.4, 0.5) is 5.69 Å². The largest absolute Gasteiger partial charge is 0.484 e. The fourth-order valence-corrected chi connectivity index (χ4v) is 2.93. The third-order valence-electron chi connectivity index (χ3n) is 4.46. The zero-order valence-electron chi connectivity index (χ0n) is 16.5. The summed E-state index contributed by atoms with van der Waals surface area (Å²) in [6.07, 6.45) is 0.953. The number of anilines is 1. The Morgan fingerprint density at radius 2 is 1.55 bits per heavy atom. The van der Waals surface area contributed by atoms with E-state index in [-0.39, 0.29) is 12.5 Å². The Morgan fingerprint density at radius 1 is 0.897 bits per heavy atom. The van der Waals surface area contributed by atoms with E-state index < -0.39 is 0 Å². The summed E-state index contributed by atoms with van der Waals surface area (Å²) in [7, 11) is 0. The van der Waals surface area contributed by atoms with Crippen LogP contribution in [-0.4, -0.2) is 19.1 Å². The summed E-state index contributed by atoms with van der Waals surface area (Å²) < 4.78 is 5.57. The molecule has 29 heavy (non-hydrogen) atoms.